The zero-order valence-corrected chi connectivity index (χ0v) is 19.9. The second kappa shape index (κ2) is 11.4. The van der Waals surface area contributed by atoms with E-state index in [1.54, 1.807) is 18.2 Å². The molecule has 2 aromatic carbocycles. The largest absolute Gasteiger partial charge is 0.486 e. The van der Waals surface area contributed by atoms with E-state index >= 15 is 0 Å². The van der Waals surface area contributed by atoms with Gasteiger partial charge in [-0.15, -0.1) is 0 Å². The average molecular weight is 506 g/mol. The molecule has 0 bridgehead atoms. The van der Waals surface area contributed by atoms with Crippen molar-refractivity contribution in [2.24, 2.45) is 5.92 Å². The predicted molar refractivity (Wildman–Crippen MR) is 126 cm³/mol. The number of ether oxygens (including phenoxy) is 2. The van der Waals surface area contributed by atoms with E-state index in [2.05, 4.69) is 4.90 Å². The van der Waals surface area contributed by atoms with E-state index in [9.17, 15) is 27.9 Å². The lowest BCUT2D eigenvalue weighted by Gasteiger charge is -2.28. The Hall–Kier alpha value is -2.91. The van der Waals surface area contributed by atoms with Crippen LogP contribution >= 0.6 is 0 Å². The third kappa shape index (κ3) is 6.64. The molecule has 194 valence electrons. The Morgan fingerprint density at radius 1 is 0.944 bits per heavy atom. The maximum absolute atomic E-state index is 12.8. The van der Waals surface area contributed by atoms with Gasteiger partial charge >= 0.3 is 6.18 Å². The quantitative estimate of drug-likeness (QED) is 0.466. The van der Waals surface area contributed by atoms with Gasteiger partial charge in [0, 0.05) is 37.3 Å². The van der Waals surface area contributed by atoms with Gasteiger partial charge in [0.1, 0.15) is 19.0 Å². The second-order valence-electron chi connectivity index (χ2n) is 9.36. The third-order valence-corrected chi connectivity index (χ3v) is 6.70. The van der Waals surface area contributed by atoms with Crippen molar-refractivity contribution >= 4 is 11.6 Å². The molecule has 1 N–H and O–H groups in total. The first-order chi connectivity index (χ1) is 17.2. The van der Waals surface area contributed by atoms with Gasteiger partial charge in [0.15, 0.2) is 17.3 Å². The van der Waals surface area contributed by atoms with E-state index in [1.165, 1.54) is 0 Å². The van der Waals surface area contributed by atoms with Crippen LogP contribution < -0.4 is 9.47 Å². The molecular formula is C27H30F3NO5. The van der Waals surface area contributed by atoms with Crippen molar-refractivity contribution in [2.45, 2.75) is 44.4 Å². The molecule has 0 unspecified atom stereocenters. The van der Waals surface area contributed by atoms with E-state index in [0.29, 0.717) is 36.8 Å². The van der Waals surface area contributed by atoms with Crippen molar-refractivity contribution in [1.82, 2.24) is 4.90 Å². The highest BCUT2D eigenvalue weighted by Crippen LogP contribution is 2.36. The number of fused-ring (bicyclic) bond motifs is 1. The molecule has 0 radical (unpaired) electrons. The van der Waals surface area contributed by atoms with Gasteiger partial charge in [-0.2, -0.15) is 13.2 Å². The van der Waals surface area contributed by atoms with Gasteiger partial charge < -0.3 is 19.5 Å². The van der Waals surface area contributed by atoms with Crippen LogP contribution in [0.3, 0.4) is 0 Å². The number of hydrogen-bond donors (Lipinski definition) is 1. The Morgan fingerprint density at radius 2 is 1.61 bits per heavy atom. The van der Waals surface area contributed by atoms with Gasteiger partial charge in [0.25, 0.3) is 0 Å². The lowest BCUT2D eigenvalue weighted by Crippen LogP contribution is -2.32. The number of Topliss-reactive ketones (excluding diaryl/α,β-unsaturated/α-hetero) is 2. The molecule has 1 fully saturated rings. The number of aliphatic hydroxyl groups excluding tert-OH is 1. The zero-order valence-electron chi connectivity index (χ0n) is 19.9. The van der Waals surface area contributed by atoms with Crippen LogP contribution in [0, 0.1) is 5.92 Å². The van der Waals surface area contributed by atoms with E-state index in [0.717, 1.165) is 50.2 Å². The normalized spacial score (nSPS) is 17.6. The van der Waals surface area contributed by atoms with Crippen LogP contribution in [0.1, 0.15) is 59.7 Å². The number of nitrogens with zero attached hydrogens (tertiary/aromatic N) is 1. The van der Waals surface area contributed by atoms with Gasteiger partial charge in [0.2, 0.25) is 0 Å². The highest BCUT2D eigenvalue weighted by atomic mass is 19.4. The number of benzene rings is 2. The molecule has 0 saturated carbocycles. The molecule has 2 aliphatic heterocycles. The number of ketones is 2. The molecule has 2 aromatic rings. The second-order valence-corrected chi connectivity index (χ2v) is 9.36. The first-order valence-electron chi connectivity index (χ1n) is 12.2. The third-order valence-electron chi connectivity index (χ3n) is 6.70. The smallest absolute Gasteiger partial charge is 0.416 e. The molecule has 9 heteroatoms. The van der Waals surface area contributed by atoms with Crippen LogP contribution in [-0.4, -0.2) is 54.4 Å². The fourth-order valence-corrected chi connectivity index (χ4v) is 4.73. The van der Waals surface area contributed by atoms with Crippen molar-refractivity contribution in [3.63, 3.8) is 0 Å². The minimum atomic E-state index is -4.47. The van der Waals surface area contributed by atoms with Crippen molar-refractivity contribution in [2.75, 3.05) is 32.8 Å². The first kappa shape index (κ1) is 26.2. The molecule has 4 rings (SSSR count). The molecule has 0 amide bonds. The van der Waals surface area contributed by atoms with Crippen LogP contribution in [0.4, 0.5) is 13.2 Å². The number of carbonyl (C=O) groups is 2. The van der Waals surface area contributed by atoms with Crippen molar-refractivity contribution in [1.29, 1.82) is 0 Å². The highest BCUT2D eigenvalue weighted by Gasteiger charge is 2.31. The molecule has 0 aliphatic carbocycles. The Labute approximate surface area is 208 Å². The van der Waals surface area contributed by atoms with Crippen LogP contribution in [0.25, 0.3) is 0 Å². The number of likely N-dealkylation sites (tertiary alicyclic amines) is 1. The Bertz CT molecular complexity index is 1060. The van der Waals surface area contributed by atoms with Gasteiger partial charge in [-0.1, -0.05) is 18.2 Å². The highest BCUT2D eigenvalue weighted by molar-refractivity contribution is 5.98. The maximum atomic E-state index is 12.8. The molecule has 2 atom stereocenters. The summed E-state index contributed by atoms with van der Waals surface area (Å²) < 4.78 is 49.4. The molecule has 0 aromatic heterocycles. The van der Waals surface area contributed by atoms with Crippen molar-refractivity contribution < 1.29 is 37.3 Å². The van der Waals surface area contributed by atoms with Gasteiger partial charge in [0.05, 0.1) is 11.7 Å². The summed E-state index contributed by atoms with van der Waals surface area (Å²) in [5, 5.41) is 11.2. The van der Waals surface area contributed by atoms with Crippen LogP contribution in [0.15, 0.2) is 42.5 Å². The average Bonchev–Trinajstić information content (AvgIpc) is 3.39. The zero-order chi connectivity index (χ0) is 25.7. The number of hydrogen-bond acceptors (Lipinski definition) is 6. The SMILES string of the molecule is O=C(CCC(=O)c1ccc(C(F)(F)F)cc1)C[C@H](CN1CCCC1)[C@@H](O)c1ccc2c(c1)OCCO2. The summed E-state index contributed by atoms with van der Waals surface area (Å²) in [6.07, 6.45) is -3.28. The molecule has 1 saturated heterocycles. The number of aliphatic hydroxyl groups is 1. The molecule has 6 nitrogen and oxygen atoms in total. The van der Waals surface area contributed by atoms with Crippen molar-refractivity contribution in [3.8, 4) is 11.5 Å². The fourth-order valence-electron chi connectivity index (χ4n) is 4.73. The van der Waals surface area contributed by atoms with Gasteiger partial charge in [-0.3, -0.25) is 9.59 Å². The Balaban J connectivity index is 1.39. The number of rotatable bonds is 10. The van der Waals surface area contributed by atoms with E-state index in [4.69, 9.17) is 9.47 Å². The minimum Gasteiger partial charge on any atom is -0.486 e. The molecule has 2 aliphatic rings. The van der Waals surface area contributed by atoms with Crippen LogP contribution in [0.5, 0.6) is 11.5 Å². The summed E-state index contributed by atoms with van der Waals surface area (Å²) >= 11 is 0. The van der Waals surface area contributed by atoms with E-state index in [1.807, 2.05) is 0 Å². The summed E-state index contributed by atoms with van der Waals surface area (Å²) in [6.45, 7) is 3.26. The summed E-state index contributed by atoms with van der Waals surface area (Å²) in [4.78, 5) is 27.5. The number of alkyl halides is 3. The lowest BCUT2D eigenvalue weighted by atomic mass is 9.89. The standard InChI is InChI=1S/C27H30F3NO5/c28-27(29,30)21-6-3-18(4-7-21)23(33)9-8-22(32)15-20(17-31-11-1-2-12-31)26(34)19-5-10-24-25(16-19)36-14-13-35-24/h3-7,10,16,20,26,34H,1-2,8-9,11-15,17H2/t20-,26+/m1/s1. The molecular weight excluding hydrogens is 475 g/mol. The monoisotopic (exact) mass is 505 g/mol. The first-order valence-corrected chi connectivity index (χ1v) is 12.2. The Kier molecular flexibility index (Phi) is 8.31. The topological polar surface area (TPSA) is 76.1 Å². The predicted octanol–water partition coefficient (Wildman–Crippen LogP) is 4.84. The van der Waals surface area contributed by atoms with Crippen LogP contribution in [0.2, 0.25) is 0 Å². The summed E-state index contributed by atoms with van der Waals surface area (Å²) in [6, 6.07) is 9.28. The maximum Gasteiger partial charge on any atom is 0.416 e. The molecule has 0 spiro atoms. The van der Waals surface area contributed by atoms with Gasteiger partial charge in [-0.25, -0.2) is 0 Å². The summed E-state index contributed by atoms with van der Waals surface area (Å²) in [5.74, 6) is 0.244. The Morgan fingerprint density at radius 3 is 2.28 bits per heavy atom. The minimum absolute atomic E-state index is 0.0375. The summed E-state index contributed by atoms with van der Waals surface area (Å²) in [7, 11) is 0. The molecule has 2 heterocycles. The number of carbonyl (C=O) groups excluding carboxylic acids is 2. The fraction of sp³-hybridized carbons (Fsp3) is 0.481. The lowest BCUT2D eigenvalue weighted by molar-refractivity contribution is -0.137. The summed E-state index contributed by atoms with van der Waals surface area (Å²) in [5.41, 5.74) is -0.0502. The van der Waals surface area contributed by atoms with Crippen LogP contribution in [-0.2, 0) is 11.0 Å². The number of halogens is 3. The van der Waals surface area contributed by atoms with E-state index < -0.39 is 17.8 Å². The van der Waals surface area contributed by atoms with Gasteiger partial charge in [-0.05, 0) is 55.8 Å². The molecule has 36 heavy (non-hydrogen) atoms. The van der Waals surface area contributed by atoms with E-state index in [-0.39, 0.29) is 42.3 Å². The van der Waals surface area contributed by atoms with Crippen molar-refractivity contribution in [3.05, 3.63) is 59.2 Å².